The molecule has 22 heavy (non-hydrogen) atoms. The third-order valence-electron chi connectivity index (χ3n) is 4.01. The number of rotatable bonds is 5. The minimum absolute atomic E-state index is 0.105. The maximum atomic E-state index is 11.7. The molecule has 0 aliphatic carbocycles. The van der Waals surface area contributed by atoms with Crippen LogP contribution in [0.25, 0.3) is 0 Å². The molecule has 1 aromatic carbocycles. The summed E-state index contributed by atoms with van der Waals surface area (Å²) in [4.78, 5) is 12.9. The van der Waals surface area contributed by atoms with E-state index in [1.807, 2.05) is 37.4 Å². The van der Waals surface area contributed by atoms with Crippen molar-refractivity contribution in [1.29, 1.82) is 0 Å². The van der Waals surface area contributed by atoms with Gasteiger partial charge in [0.05, 0.1) is 0 Å². The van der Waals surface area contributed by atoms with Crippen LogP contribution in [0.1, 0.15) is 38.7 Å². The number of carboxylic acids is 1. The van der Waals surface area contributed by atoms with Gasteiger partial charge in [-0.05, 0) is 36.3 Å². The molecule has 0 fully saturated rings. The second kappa shape index (κ2) is 6.12. The highest BCUT2D eigenvalue weighted by atomic mass is 32.2. The molecule has 1 aliphatic heterocycles. The lowest BCUT2D eigenvalue weighted by molar-refractivity contribution is -0.132. The summed E-state index contributed by atoms with van der Waals surface area (Å²) in [5.74, 6) is -0.388. The van der Waals surface area contributed by atoms with Gasteiger partial charge in [-0.15, -0.1) is 11.8 Å². The van der Waals surface area contributed by atoms with E-state index in [1.54, 1.807) is 16.7 Å². The molecule has 0 amide bonds. The standard InChI is InChI=1S/C16H23N3O2S/c1-5-16(22-4)18-14(17)13(15(20)21)19(16)12-8-6-11(7-9-12)10(2)3/h6-10,18H,5,17H2,1-4H3,(H,20,21). The van der Waals surface area contributed by atoms with E-state index in [9.17, 15) is 9.90 Å². The predicted octanol–water partition coefficient (Wildman–Crippen LogP) is 2.86. The van der Waals surface area contributed by atoms with E-state index in [1.165, 1.54) is 5.56 Å². The van der Waals surface area contributed by atoms with Crippen LogP contribution in [-0.2, 0) is 4.79 Å². The summed E-state index contributed by atoms with van der Waals surface area (Å²) in [6, 6.07) is 7.99. The summed E-state index contributed by atoms with van der Waals surface area (Å²) < 4.78 is 0. The Hall–Kier alpha value is -1.82. The summed E-state index contributed by atoms with van der Waals surface area (Å²) in [7, 11) is 0. The van der Waals surface area contributed by atoms with E-state index in [0.717, 1.165) is 5.69 Å². The molecule has 0 aromatic heterocycles. The molecule has 0 bridgehead atoms. The van der Waals surface area contributed by atoms with Gasteiger partial charge in [0.1, 0.15) is 5.82 Å². The van der Waals surface area contributed by atoms with E-state index >= 15 is 0 Å². The van der Waals surface area contributed by atoms with Gasteiger partial charge in [0.2, 0.25) is 0 Å². The molecule has 5 nitrogen and oxygen atoms in total. The van der Waals surface area contributed by atoms with Gasteiger partial charge in [-0.2, -0.15) is 0 Å². The fourth-order valence-corrected chi connectivity index (χ4v) is 3.60. The van der Waals surface area contributed by atoms with Crippen LogP contribution < -0.4 is 16.0 Å². The zero-order chi connectivity index (χ0) is 16.5. The van der Waals surface area contributed by atoms with Crippen molar-refractivity contribution in [1.82, 2.24) is 5.32 Å². The van der Waals surface area contributed by atoms with Crippen LogP contribution >= 0.6 is 11.8 Å². The molecule has 1 heterocycles. The van der Waals surface area contributed by atoms with E-state index in [4.69, 9.17) is 5.73 Å². The van der Waals surface area contributed by atoms with E-state index in [2.05, 4.69) is 19.2 Å². The molecule has 0 spiro atoms. The maximum Gasteiger partial charge on any atom is 0.356 e. The lowest BCUT2D eigenvalue weighted by Crippen LogP contribution is -2.50. The number of nitrogens with one attached hydrogen (secondary N) is 1. The van der Waals surface area contributed by atoms with Crippen molar-refractivity contribution >= 4 is 23.4 Å². The SMILES string of the molecule is CCC1(SC)NC(N)=C(C(=O)O)N1c1ccc(C(C)C)cc1. The first-order valence-corrected chi connectivity index (χ1v) is 8.55. The Morgan fingerprint density at radius 2 is 2.00 bits per heavy atom. The van der Waals surface area contributed by atoms with Gasteiger partial charge in [0.15, 0.2) is 10.7 Å². The fraction of sp³-hybridized carbons (Fsp3) is 0.438. The van der Waals surface area contributed by atoms with Gasteiger partial charge in [0, 0.05) is 5.69 Å². The normalized spacial score (nSPS) is 21.4. The average molecular weight is 321 g/mol. The van der Waals surface area contributed by atoms with Gasteiger partial charge < -0.3 is 16.2 Å². The molecule has 4 N–H and O–H groups in total. The van der Waals surface area contributed by atoms with Crippen LogP contribution in [-0.4, -0.2) is 22.3 Å². The quantitative estimate of drug-likeness (QED) is 0.774. The summed E-state index contributed by atoms with van der Waals surface area (Å²) in [5.41, 5.74) is 8.09. The van der Waals surface area contributed by atoms with Crippen molar-refractivity contribution in [3.63, 3.8) is 0 Å². The lowest BCUT2D eigenvalue weighted by atomic mass is 10.0. The van der Waals surface area contributed by atoms with Crippen molar-refractivity contribution in [2.24, 2.45) is 5.73 Å². The third-order valence-corrected chi connectivity index (χ3v) is 5.26. The van der Waals surface area contributed by atoms with E-state index in [0.29, 0.717) is 12.3 Å². The second-order valence-corrected chi connectivity index (χ2v) is 6.70. The minimum atomic E-state index is -1.03. The average Bonchev–Trinajstić information content (AvgIpc) is 2.80. The van der Waals surface area contributed by atoms with Gasteiger partial charge in [-0.3, -0.25) is 4.90 Å². The Labute approximate surface area is 135 Å². The second-order valence-electron chi connectivity index (χ2n) is 5.62. The lowest BCUT2D eigenvalue weighted by Gasteiger charge is -2.38. The van der Waals surface area contributed by atoms with E-state index in [-0.39, 0.29) is 11.5 Å². The molecule has 6 heteroatoms. The summed E-state index contributed by atoms with van der Waals surface area (Å²) in [6.45, 7) is 6.27. The molecule has 1 aliphatic rings. The first kappa shape index (κ1) is 16.5. The monoisotopic (exact) mass is 321 g/mol. The van der Waals surface area contributed by atoms with Crippen LogP contribution in [0.3, 0.4) is 0 Å². The van der Waals surface area contributed by atoms with Crippen LogP contribution in [0, 0.1) is 0 Å². The molecular formula is C16H23N3O2S. The van der Waals surface area contributed by atoms with Crippen LogP contribution in [0.2, 0.25) is 0 Å². The maximum absolute atomic E-state index is 11.7. The summed E-state index contributed by atoms with van der Waals surface area (Å²) in [5, 5.41) is 12.7. The zero-order valence-electron chi connectivity index (χ0n) is 13.4. The Morgan fingerprint density at radius 3 is 2.41 bits per heavy atom. The number of nitrogens with zero attached hydrogens (tertiary/aromatic N) is 1. The number of nitrogens with two attached hydrogens (primary N) is 1. The third kappa shape index (κ3) is 2.63. The highest BCUT2D eigenvalue weighted by Gasteiger charge is 2.46. The molecule has 1 unspecified atom stereocenters. The number of carboxylic acid groups (broad SMARTS) is 1. The Morgan fingerprint density at radius 1 is 1.41 bits per heavy atom. The van der Waals surface area contributed by atoms with Crippen LogP contribution in [0.4, 0.5) is 5.69 Å². The van der Waals surface area contributed by atoms with Crippen molar-refractivity contribution in [3.05, 3.63) is 41.3 Å². The van der Waals surface area contributed by atoms with Gasteiger partial charge in [-0.25, -0.2) is 4.79 Å². The Bertz CT molecular complexity index is 592. The number of hydrogen-bond acceptors (Lipinski definition) is 5. The molecule has 2 rings (SSSR count). The first-order chi connectivity index (χ1) is 10.4. The number of thioether (sulfide) groups is 1. The van der Waals surface area contributed by atoms with Crippen molar-refractivity contribution in [2.45, 2.75) is 38.1 Å². The fourth-order valence-electron chi connectivity index (χ4n) is 2.72. The smallest absolute Gasteiger partial charge is 0.356 e. The van der Waals surface area contributed by atoms with Crippen molar-refractivity contribution in [2.75, 3.05) is 11.2 Å². The summed E-state index contributed by atoms with van der Waals surface area (Å²) in [6.07, 6.45) is 2.65. The topological polar surface area (TPSA) is 78.6 Å². The molecular weight excluding hydrogens is 298 g/mol. The predicted molar refractivity (Wildman–Crippen MR) is 91.5 cm³/mol. The van der Waals surface area contributed by atoms with Crippen LogP contribution in [0.5, 0.6) is 0 Å². The molecule has 1 aromatic rings. The Kier molecular flexibility index (Phi) is 4.60. The van der Waals surface area contributed by atoms with Gasteiger partial charge in [-0.1, -0.05) is 32.9 Å². The molecule has 1 atom stereocenters. The number of carbonyl (C=O) groups is 1. The number of hydrogen-bond donors (Lipinski definition) is 3. The van der Waals surface area contributed by atoms with E-state index < -0.39 is 11.0 Å². The first-order valence-electron chi connectivity index (χ1n) is 7.33. The molecule has 0 radical (unpaired) electrons. The zero-order valence-corrected chi connectivity index (χ0v) is 14.2. The Balaban J connectivity index is 2.52. The van der Waals surface area contributed by atoms with Gasteiger partial charge >= 0.3 is 5.97 Å². The van der Waals surface area contributed by atoms with Crippen molar-refractivity contribution < 1.29 is 9.90 Å². The molecule has 120 valence electrons. The largest absolute Gasteiger partial charge is 0.476 e. The van der Waals surface area contributed by atoms with Crippen LogP contribution in [0.15, 0.2) is 35.8 Å². The molecule has 0 saturated heterocycles. The highest BCUT2D eigenvalue weighted by molar-refractivity contribution is 8.00. The number of anilines is 1. The summed E-state index contributed by atoms with van der Waals surface area (Å²) >= 11 is 1.55. The minimum Gasteiger partial charge on any atom is -0.476 e. The molecule has 0 saturated carbocycles. The van der Waals surface area contributed by atoms with Gasteiger partial charge in [0.25, 0.3) is 0 Å². The number of benzene rings is 1. The number of aliphatic carboxylic acids is 1. The van der Waals surface area contributed by atoms with Crippen molar-refractivity contribution in [3.8, 4) is 0 Å². The highest BCUT2D eigenvalue weighted by Crippen LogP contribution is 2.41.